The van der Waals surface area contributed by atoms with Crippen LogP contribution in [0.25, 0.3) is 0 Å². The first-order valence-electron chi connectivity index (χ1n) is 6.35. The van der Waals surface area contributed by atoms with Gasteiger partial charge >= 0.3 is 0 Å². The minimum absolute atomic E-state index is 0.288. The van der Waals surface area contributed by atoms with E-state index in [1.807, 2.05) is 23.1 Å². The second kappa shape index (κ2) is 4.97. The van der Waals surface area contributed by atoms with Crippen molar-refractivity contribution in [3.63, 3.8) is 0 Å². The molecule has 1 aromatic carbocycles. The van der Waals surface area contributed by atoms with Crippen LogP contribution in [0.2, 0.25) is 0 Å². The maximum atomic E-state index is 13.5. The Kier molecular flexibility index (Phi) is 3.17. The predicted octanol–water partition coefficient (Wildman–Crippen LogP) is 2.59. The lowest BCUT2D eigenvalue weighted by Gasteiger charge is -2.24. The molecule has 1 aromatic rings. The second-order valence-corrected chi connectivity index (χ2v) is 4.69. The van der Waals surface area contributed by atoms with Crippen LogP contribution in [-0.2, 0) is 0 Å². The molecule has 0 radical (unpaired) electrons. The number of benzene rings is 1. The van der Waals surface area contributed by atoms with Crippen molar-refractivity contribution in [2.24, 2.45) is 4.99 Å². The average Bonchev–Trinajstić information content (AvgIpc) is 3.11. The molecule has 4 heteroatoms. The summed E-state index contributed by atoms with van der Waals surface area (Å²) in [7, 11) is 0. The third kappa shape index (κ3) is 2.31. The van der Waals surface area contributed by atoms with E-state index in [0.29, 0.717) is 17.7 Å². The van der Waals surface area contributed by atoms with Crippen LogP contribution in [0, 0.1) is 5.82 Å². The van der Waals surface area contributed by atoms with Gasteiger partial charge in [-0.1, -0.05) is 24.3 Å². The topological polar surface area (TPSA) is 35.8 Å². The Morgan fingerprint density at radius 2 is 2.00 bits per heavy atom. The molecule has 2 heterocycles. The summed E-state index contributed by atoms with van der Waals surface area (Å²) in [5.74, 6) is -0.288. The molecule has 0 spiro atoms. The van der Waals surface area contributed by atoms with Crippen molar-refractivity contribution in [3.05, 3.63) is 54.0 Å². The van der Waals surface area contributed by atoms with E-state index in [2.05, 4.69) is 4.99 Å². The van der Waals surface area contributed by atoms with Gasteiger partial charge in [0, 0.05) is 37.0 Å². The number of hydrogen-bond donors (Lipinski definition) is 1. The number of aliphatic hydroxyl groups is 1. The second-order valence-electron chi connectivity index (χ2n) is 4.69. The highest BCUT2D eigenvalue weighted by molar-refractivity contribution is 5.93. The van der Waals surface area contributed by atoms with E-state index >= 15 is 0 Å². The zero-order valence-electron chi connectivity index (χ0n) is 10.5. The van der Waals surface area contributed by atoms with Crippen LogP contribution in [0.15, 0.2) is 47.6 Å². The normalized spacial score (nSPS) is 19.1. The number of anilines is 1. The number of aliphatic imine (C=N–C) groups is 1. The number of aliphatic hydroxyl groups excluding tert-OH is 1. The lowest BCUT2D eigenvalue weighted by molar-refractivity contribution is 0.246. The Hall–Kier alpha value is -1.94. The highest BCUT2D eigenvalue weighted by Gasteiger charge is 2.22. The van der Waals surface area contributed by atoms with Gasteiger partial charge < -0.3 is 10.0 Å². The monoisotopic (exact) mass is 258 g/mol. The molecule has 3 rings (SSSR count). The van der Waals surface area contributed by atoms with Gasteiger partial charge in [-0.05, 0) is 12.1 Å². The summed E-state index contributed by atoms with van der Waals surface area (Å²) in [6.07, 6.45) is 7.55. The van der Waals surface area contributed by atoms with E-state index in [-0.39, 0.29) is 5.82 Å². The molecule has 98 valence electrons. The molecule has 2 aliphatic heterocycles. The number of rotatable bonds is 3. The largest absolute Gasteiger partial charge is 0.382 e. The number of allylic oxidation sites excluding steroid dienone is 1. The van der Waals surface area contributed by atoms with Gasteiger partial charge in [0.2, 0.25) is 0 Å². The molecule has 0 aromatic heterocycles. The molecular formula is C15H15FN2O. The van der Waals surface area contributed by atoms with Crippen molar-refractivity contribution < 1.29 is 9.50 Å². The zero-order chi connectivity index (χ0) is 13.2. The minimum Gasteiger partial charge on any atom is -0.382 e. The highest BCUT2D eigenvalue weighted by atomic mass is 19.1. The van der Waals surface area contributed by atoms with Gasteiger partial charge in [-0.25, -0.2) is 4.39 Å². The summed E-state index contributed by atoms with van der Waals surface area (Å²) in [4.78, 5) is 6.19. The van der Waals surface area contributed by atoms with Gasteiger partial charge in [-0.15, -0.1) is 0 Å². The maximum absolute atomic E-state index is 13.5. The lowest BCUT2D eigenvalue weighted by Crippen LogP contribution is -2.22. The van der Waals surface area contributed by atoms with Crippen LogP contribution >= 0.6 is 0 Å². The molecule has 0 fully saturated rings. The zero-order valence-corrected chi connectivity index (χ0v) is 10.5. The molecule has 1 atom stereocenters. The third-order valence-electron chi connectivity index (χ3n) is 3.43. The Labute approximate surface area is 111 Å². The van der Waals surface area contributed by atoms with Gasteiger partial charge in [0.1, 0.15) is 11.9 Å². The predicted molar refractivity (Wildman–Crippen MR) is 73.9 cm³/mol. The Bertz CT molecular complexity index is 570. The Morgan fingerprint density at radius 3 is 2.68 bits per heavy atom. The van der Waals surface area contributed by atoms with Gasteiger partial charge in [0.15, 0.2) is 0 Å². The van der Waals surface area contributed by atoms with Crippen molar-refractivity contribution >= 4 is 11.4 Å². The van der Waals surface area contributed by atoms with Gasteiger partial charge in [-0.3, -0.25) is 4.99 Å². The van der Waals surface area contributed by atoms with Gasteiger partial charge in [-0.2, -0.15) is 0 Å². The van der Waals surface area contributed by atoms with Crippen molar-refractivity contribution in [3.8, 4) is 0 Å². The van der Waals surface area contributed by atoms with Crippen LogP contribution in [-0.4, -0.2) is 23.9 Å². The first kappa shape index (κ1) is 12.1. The Morgan fingerprint density at radius 1 is 1.21 bits per heavy atom. The van der Waals surface area contributed by atoms with Crippen molar-refractivity contribution in [2.75, 3.05) is 18.0 Å². The molecule has 19 heavy (non-hydrogen) atoms. The fraction of sp³-hybridized carbons (Fsp3) is 0.267. The summed E-state index contributed by atoms with van der Waals surface area (Å²) in [5.41, 5.74) is 2.17. The van der Waals surface area contributed by atoms with Crippen molar-refractivity contribution in [2.45, 2.75) is 12.5 Å². The van der Waals surface area contributed by atoms with E-state index in [0.717, 1.165) is 18.8 Å². The molecule has 0 saturated heterocycles. The van der Waals surface area contributed by atoms with Crippen molar-refractivity contribution in [1.29, 1.82) is 0 Å². The quantitative estimate of drug-likeness (QED) is 0.846. The smallest absolute Gasteiger partial charge is 0.125 e. The standard InChI is InChI=1S/C15H15FN2O/c16-11-5-6-12(15(19)13-4-3-7-17-13)14(10-11)18-8-1-2-9-18/h1-3,5-7,10,15,19H,4,8-9H2. The summed E-state index contributed by atoms with van der Waals surface area (Å²) in [5, 5.41) is 10.4. The van der Waals surface area contributed by atoms with Crippen LogP contribution in [0.4, 0.5) is 10.1 Å². The first-order chi connectivity index (χ1) is 9.25. The fourth-order valence-electron chi connectivity index (χ4n) is 2.43. The fourth-order valence-corrected chi connectivity index (χ4v) is 2.43. The Balaban J connectivity index is 1.95. The molecule has 3 nitrogen and oxygen atoms in total. The third-order valence-corrected chi connectivity index (χ3v) is 3.43. The minimum atomic E-state index is -0.772. The molecule has 0 amide bonds. The van der Waals surface area contributed by atoms with Crippen LogP contribution < -0.4 is 4.90 Å². The van der Waals surface area contributed by atoms with E-state index in [9.17, 15) is 9.50 Å². The van der Waals surface area contributed by atoms with E-state index in [1.165, 1.54) is 12.1 Å². The molecule has 2 aliphatic rings. The molecule has 0 aliphatic carbocycles. The van der Waals surface area contributed by atoms with Crippen molar-refractivity contribution in [1.82, 2.24) is 0 Å². The maximum Gasteiger partial charge on any atom is 0.125 e. The van der Waals surface area contributed by atoms with Crippen LogP contribution in [0.3, 0.4) is 0 Å². The van der Waals surface area contributed by atoms with Crippen LogP contribution in [0.5, 0.6) is 0 Å². The summed E-state index contributed by atoms with van der Waals surface area (Å²) in [6, 6.07) is 4.51. The molecule has 0 bridgehead atoms. The van der Waals surface area contributed by atoms with Crippen LogP contribution in [0.1, 0.15) is 18.1 Å². The number of hydrogen-bond acceptors (Lipinski definition) is 3. The number of halogens is 1. The molecule has 0 saturated carbocycles. The number of nitrogens with zero attached hydrogens (tertiary/aromatic N) is 2. The van der Waals surface area contributed by atoms with E-state index < -0.39 is 6.10 Å². The first-order valence-corrected chi connectivity index (χ1v) is 6.35. The summed E-state index contributed by atoms with van der Waals surface area (Å²) >= 11 is 0. The molecule has 1 N–H and O–H groups in total. The van der Waals surface area contributed by atoms with Gasteiger partial charge in [0.25, 0.3) is 0 Å². The highest BCUT2D eigenvalue weighted by Crippen LogP contribution is 2.31. The average molecular weight is 258 g/mol. The van der Waals surface area contributed by atoms with E-state index in [4.69, 9.17) is 0 Å². The van der Waals surface area contributed by atoms with E-state index in [1.54, 1.807) is 12.3 Å². The summed E-state index contributed by atoms with van der Waals surface area (Å²) < 4.78 is 13.5. The lowest BCUT2D eigenvalue weighted by atomic mass is 10.0. The molecular weight excluding hydrogens is 243 g/mol. The van der Waals surface area contributed by atoms with Gasteiger partial charge in [0.05, 0.1) is 5.71 Å². The summed E-state index contributed by atoms with van der Waals surface area (Å²) in [6.45, 7) is 1.49. The SMILES string of the molecule is OC(C1=NC=CC1)c1ccc(F)cc1N1CC=CC1. The molecule has 1 unspecified atom stereocenters.